The largest absolute Gasteiger partial charge is 0.476 e. The summed E-state index contributed by atoms with van der Waals surface area (Å²) >= 11 is 2.02. The van der Waals surface area contributed by atoms with E-state index in [4.69, 9.17) is 5.11 Å². The Morgan fingerprint density at radius 2 is 2.00 bits per heavy atom. The minimum Gasteiger partial charge on any atom is -0.476 e. The van der Waals surface area contributed by atoms with Crippen LogP contribution in [0, 0.1) is 17.4 Å². The molecule has 1 heterocycles. The van der Waals surface area contributed by atoms with Crippen molar-refractivity contribution in [3.05, 3.63) is 44.8 Å². The predicted molar refractivity (Wildman–Crippen MR) is 72.7 cm³/mol. The van der Waals surface area contributed by atoms with E-state index in [-0.39, 0.29) is 5.69 Å². The molecular weight excluding hydrogens is 331 g/mol. The van der Waals surface area contributed by atoms with Gasteiger partial charge in [-0.3, -0.25) is 0 Å². The van der Waals surface area contributed by atoms with Crippen LogP contribution in [0.15, 0.2) is 24.3 Å². The van der Waals surface area contributed by atoms with Gasteiger partial charge in [0, 0.05) is 0 Å². The second-order valence-corrected chi connectivity index (χ2v) is 4.83. The van der Waals surface area contributed by atoms with Crippen LogP contribution in [0.2, 0.25) is 0 Å². The normalized spacial score (nSPS) is 10.5. The van der Waals surface area contributed by atoms with Crippen LogP contribution < -0.4 is 0 Å². The number of halogens is 1. The molecule has 0 atom stereocenters. The minimum atomic E-state index is -0.996. The van der Waals surface area contributed by atoms with Crippen molar-refractivity contribution in [1.29, 1.82) is 0 Å². The molecule has 1 aromatic heterocycles. The van der Waals surface area contributed by atoms with Gasteiger partial charge in [-0.2, -0.15) is 5.10 Å². The predicted octanol–water partition coefficient (Wildman–Crippen LogP) is 2.79. The van der Waals surface area contributed by atoms with Crippen LogP contribution in [0.3, 0.4) is 0 Å². The summed E-state index contributed by atoms with van der Waals surface area (Å²) in [5.74, 6) is -0.996. The lowest BCUT2D eigenvalue weighted by Gasteiger charge is -2.07. The summed E-state index contributed by atoms with van der Waals surface area (Å²) in [5.41, 5.74) is 2.92. The van der Waals surface area contributed by atoms with E-state index in [2.05, 4.69) is 5.10 Å². The van der Waals surface area contributed by atoms with Crippen molar-refractivity contribution in [2.24, 2.45) is 0 Å². The van der Waals surface area contributed by atoms with Gasteiger partial charge in [0.2, 0.25) is 0 Å². The number of aromatic carboxylic acids is 1. The monoisotopic (exact) mass is 342 g/mol. The number of aryl methyl sites for hydroxylation is 1. The van der Waals surface area contributed by atoms with E-state index in [0.717, 1.165) is 16.9 Å². The SMILES string of the molecule is Cc1ccccc1-n1nc(C(=O)O)c(I)c1C. The maximum atomic E-state index is 11.0. The van der Waals surface area contributed by atoms with Gasteiger partial charge in [0.15, 0.2) is 5.69 Å². The Morgan fingerprint density at radius 1 is 1.35 bits per heavy atom. The summed E-state index contributed by atoms with van der Waals surface area (Å²) in [6.07, 6.45) is 0. The molecule has 88 valence electrons. The molecule has 17 heavy (non-hydrogen) atoms. The Morgan fingerprint density at radius 3 is 2.53 bits per heavy atom. The Labute approximate surface area is 112 Å². The molecule has 0 aliphatic heterocycles. The molecular formula is C12H11IN2O2. The number of hydrogen-bond donors (Lipinski definition) is 1. The van der Waals surface area contributed by atoms with Crippen molar-refractivity contribution in [3.8, 4) is 5.69 Å². The smallest absolute Gasteiger partial charge is 0.357 e. The van der Waals surface area contributed by atoms with Gasteiger partial charge < -0.3 is 5.11 Å². The van der Waals surface area contributed by atoms with E-state index >= 15 is 0 Å². The number of carboxylic acid groups (broad SMARTS) is 1. The number of nitrogens with zero attached hydrogens (tertiary/aromatic N) is 2. The van der Waals surface area contributed by atoms with Gasteiger partial charge in [0.1, 0.15) is 0 Å². The van der Waals surface area contributed by atoms with Crippen molar-refractivity contribution in [2.75, 3.05) is 0 Å². The highest BCUT2D eigenvalue weighted by molar-refractivity contribution is 14.1. The summed E-state index contributed by atoms with van der Waals surface area (Å²) in [4.78, 5) is 11.0. The molecule has 0 fully saturated rings. The number of benzene rings is 1. The van der Waals surface area contributed by atoms with E-state index in [1.54, 1.807) is 4.68 Å². The maximum Gasteiger partial charge on any atom is 0.357 e. The van der Waals surface area contributed by atoms with Crippen molar-refractivity contribution in [3.63, 3.8) is 0 Å². The van der Waals surface area contributed by atoms with Crippen LogP contribution in [0.4, 0.5) is 0 Å². The topological polar surface area (TPSA) is 55.1 Å². The molecule has 4 nitrogen and oxygen atoms in total. The van der Waals surface area contributed by atoms with E-state index in [1.165, 1.54) is 0 Å². The summed E-state index contributed by atoms with van der Waals surface area (Å²) < 4.78 is 2.36. The fourth-order valence-corrected chi connectivity index (χ4v) is 2.22. The highest BCUT2D eigenvalue weighted by Crippen LogP contribution is 2.21. The molecule has 0 saturated heterocycles. The van der Waals surface area contributed by atoms with Gasteiger partial charge in [-0.1, -0.05) is 18.2 Å². The average Bonchev–Trinajstić information content (AvgIpc) is 2.57. The first kappa shape index (κ1) is 12.1. The van der Waals surface area contributed by atoms with Gasteiger partial charge in [0.05, 0.1) is 15.0 Å². The van der Waals surface area contributed by atoms with Gasteiger partial charge in [-0.15, -0.1) is 0 Å². The van der Waals surface area contributed by atoms with Crippen molar-refractivity contribution >= 4 is 28.6 Å². The fraction of sp³-hybridized carbons (Fsp3) is 0.167. The third kappa shape index (κ3) is 2.06. The van der Waals surface area contributed by atoms with E-state index in [0.29, 0.717) is 3.57 Å². The third-order valence-corrected chi connectivity index (χ3v) is 3.88. The fourth-order valence-electron chi connectivity index (χ4n) is 1.66. The Hall–Kier alpha value is -1.37. The molecule has 1 N–H and O–H groups in total. The quantitative estimate of drug-likeness (QED) is 0.854. The van der Waals surface area contributed by atoms with E-state index in [9.17, 15) is 4.79 Å². The zero-order valence-electron chi connectivity index (χ0n) is 9.44. The molecule has 2 rings (SSSR count). The van der Waals surface area contributed by atoms with Gasteiger partial charge in [-0.25, -0.2) is 9.48 Å². The average molecular weight is 342 g/mol. The van der Waals surface area contributed by atoms with Crippen LogP contribution in [0.5, 0.6) is 0 Å². The standard InChI is InChI=1S/C12H11IN2O2/c1-7-5-3-4-6-9(7)15-8(2)10(13)11(14-15)12(16)17/h3-6H,1-2H3,(H,16,17). The molecule has 0 aliphatic rings. The number of carbonyl (C=O) groups is 1. The Balaban J connectivity index is 2.66. The highest BCUT2D eigenvalue weighted by atomic mass is 127. The van der Waals surface area contributed by atoms with Gasteiger partial charge in [-0.05, 0) is 48.1 Å². The number of hydrogen-bond acceptors (Lipinski definition) is 2. The molecule has 0 saturated carbocycles. The lowest BCUT2D eigenvalue weighted by atomic mass is 10.2. The molecule has 5 heteroatoms. The third-order valence-electron chi connectivity index (χ3n) is 2.59. The molecule has 0 aliphatic carbocycles. The second-order valence-electron chi connectivity index (χ2n) is 3.75. The first-order valence-electron chi connectivity index (χ1n) is 5.06. The molecule has 0 radical (unpaired) electrons. The van der Waals surface area contributed by atoms with Crippen molar-refractivity contribution < 1.29 is 9.90 Å². The molecule has 0 bridgehead atoms. The molecule has 1 aromatic carbocycles. The van der Waals surface area contributed by atoms with Crippen LogP contribution in [0.25, 0.3) is 5.69 Å². The number of para-hydroxylation sites is 1. The number of carboxylic acids is 1. The van der Waals surface area contributed by atoms with Crippen LogP contribution in [-0.2, 0) is 0 Å². The Bertz CT molecular complexity index is 590. The number of rotatable bonds is 2. The summed E-state index contributed by atoms with van der Waals surface area (Å²) in [6.45, 7) is 3.84. The first-order chi connectivity index (χ1) is 8.02. The lowest BCUT2D eigenvalue weighted by molar-refractivity contribution is 0.0689. The zero-order chi connectivity index (χ0) is 12.6. The summed E-state index contributed by atoms with van der Waals surface area (Å²) in [5, 5.41) is 13.2. The molecule has 0 spiro atoms. The Kier molecular flexibility index (Phi) is 3.19. The van der Waals surface area contributed by atoms with Crippen molar-refractivity contribution in [2.45, 2.75) is 13.8 Å². The van der Waals surface area contributed by atoms with Crippen LogP contribution in [0.1, 0.15) is 21.7 Å². The van der Waals surface area contributed by atoms with Crippen molar-refractivity contribution in [1.82, 2.24) is 9.78 Å². The summed E-state index contributed by atoms with van der Waals surface area (Å²) in [6, 6.07) is 7.76. The highest BCUT2D eigenvalue weighted by Gasteiger charge is 2.19. The summed E-state index contributed by atoms with van der Waals surface area (Å²) in [7, 11) is 0. The van der Waals surface area contributed by atoms with E-state index in [1.807, 2.05) is 60.7 Å². The van der Waals surface area contributed by atoms with Crippen LogP contribution >= 0.6 is 22.6 Å². The maximum absolute atomic E-state index is 11.0. The number of aromatic nitrogens is 2. The van der Waals surface area contributed by atoms with Crippen LogP contribution in [-0.4, -0.2) is 20.9 Å². The molecule has 0 unspecified atom stereocenters. The second kappa shape index (κ2) is 4.48. The zero-order valence-corrected chi connectivity index (χ0v) is 11.6. The van der Waals surface area contributed by atoms with Gasteiger partial charge >= 0.3 is 5.97 Å². The molecule has 0 amide bonds. The van der Waals surface area contributed by atoms with Gasteiger partial charge in [0.25, 0.3) is 0 Å². The minimum absolute atomic E-state index is 0.103. The van der Waals surface area contributed by atoms with E-state index < -0.39 is 5.97 Å². The molecule has 2 aromatic rings. The lowest BCUT2D eigenvalue weighted by Crippen LogP contribution is -2.03. The first-order valence-corrected chi connectivity index (χ1v) is 6.14.